The van der Waals surface area contributed by atoms with Crippen LogP contribution >= 0.6 is 11.3 Å². The van der Waals surface area contributed by atoms with Gasteiger partial charge in [-0.15, -0.1) is 11.3 Å². The number of rotatable bonds is 7. The summed E-state index contributed by atoms with van der Waals surface area (Å²) in [6.07, 6.45) is 4.02. The molecule has 2 aromatic carbocycles. The molecule has 1 aromatic heterocycles. The van der Waals surface area contributed by atoms with Gasteiger partial charge in [-0.05, 0) is 50.1 Å². The molecule has 3 aromatic rings. The predicted octanol–water partition coefficient (Wildman–Crippen LogP) is 4.72. The Morgan fingerprint density at radius 3 is 2.74 bits per heavy atom. The van der Waals surface area contributed by atoms with Crippen LogP contribution in [0.25, 0.3) is 0 Å². The maximum atomic E-state index is 12.7. The lowest BCUT2D eigenvalue weighted by molar-refractivity contribution is 0.102. The van der Waals surface area contributed by atoms with Crippen molar-refractivity contribution in [2.24, 2.45) is 0 Å². The van der Waals surface area contributed by atoms with Crippen LogP contribution in [0.4, 0.5) is 11.4 Å². The van der Waals surface area contributed by atoms with Crippen LogP contribution in [0.2, 0.25) is 0 Å². The lowest BCUT2D eigenvalue weighted by atomic mass is 10.0. The maximum Gasteiger partial charge on any atom is 0.259 e. The Labute approximate surface area is 187 Å². The van der Waals surface area contributed by atoms with Crippen molar-refractivity contribution >= 4 is 28.6 Å². The van der Waals surface area contributed by atoms with Crippen LogP contribution in [0.15, 0.2) is 60.1 Å². The first-order valence-electron chi connectivity index (χ1n) is 10.6. The first-order valence-corrected chi connectivity index (χ1v) is 11.5. The largest absolute Gasteiger partial charge is 0.496 e. The average molecular weight is 437 g/mol. The summed E-state index contributed by atoms with van der Waals surface area (Å²) in [7, 11) is 1.57. The summed E-state index contributed by atoms with van der Waals surface area (Å²) in [4.78, 5) is 19.5. The summed E-state index contributed by atoms with van der Waals surface area (Å²) in [5.74, 6) is 0.395. The second kappa shape index (κ2) is 9.94. The normalized spacial score (nSPS) is 15.5. The number of carbonyl (C=O) groups excluding carboxylic acids is 1. The molecular formula is C24H28N4O2S. The van der Waals surface area contributed by atoms with Crippen LogP contribution in [0.3, 0.4) is 0 Å². The minimum absolute atomic E-state index is 0.173. The van der Waals surface area contributed by atoms with E-state index in [0.29, 0.717) is 17.4 Å². The quantitative estimate of drug-likeness (QED) is 0.561. The monoisotopic (exact) mass is 436 g/mol. The van der Waals surface area contributed by atoms with E-state index in [4.69, 9.17) is 4.74 Å². The molecule has 0 radical (unpaired) electrons. The van der Waals surface area contributed by atoms with Crippen LogP contribution in [0.5, 0.6) is 5.75 Å². The van der Waals surface area contributed by atoms with Gasteiger partial charge in [-0.2, -0.15) is 0 Å². The van der Waals surface area contributed by atoms with Crippen molar-refractivity contribution in [2.45, 2.75) is 31.8 Å². The van der Waals surface area contributed by atoms with Gasteiger partial charge in [0.05, 0.1) is 18.7 Å². The smallest absolute Gasteiger partial charge is 0.259 e. The molecule has 1 fully saturated rings. The van der Waals surface area contributed by atoms with Crippen molar-refractivity contribution < 1.29 is 9.53 Å². The summed E-state index contributed by atoms with van der Waals surface area (Å²) in [5, 5.41) is 9.87. The summed E-state index contributed by atoms with van der Waals surface area (Å²) in [6, 6.07) is 16.1. The van der Waals surface area contributed by atoms with E-state index in [1.54, 1.807) is 30.6 Å². The number of ether oxygens (including phenoxy) is 1. The Kier molecular flexibility index (Phi) is 6.84. The molecule has 2 N–H and O–H groups in total. The average Bonchev–Trinajstić information content (AvgIpc) is 3.35. The van der Waals surface area contributed by atoms with Gasteiger partial charge in [0, 0.05) is 42.1 Å². The Bertz CT molecular complexity index is 1000. The van der Waals surface area contributed by atoms with Crippen molar-refractivity contribution in [3.8, 4) is 5.75 Å². The Morgan fingerprint density at radius 2 is 2.00 bits per heavy atom. The fraction of sp³-hybridized carbons (Fsp3) is 0.333. The van der Waals surface area contributed by atoms with Gasteiger partial charge in [-0.3, -0.25) is 4.79 Å². The van der Waals surface area contributed by atoms with Gasteiger partial charge in [0.25, 0.3) is 5.91 Å². The number of nitrogens with one attached hydrogen (secondary N) is 2. The molecule has 0 bridgehead atoms. The molecule has 1 aliphatic rings. The maximum absolute atomic E-state index is 12.7. The predicted molar refractivity (Wildman–Crippen MR) is 126 cm³/mol. The minimum Gasteiger partial charge on any atom is -0.496 e. The molecule has 1 unspecified atom stereocenters. The van der Waals surface area contributed by atoms with Crippen molar-refractivity contribution in [1.29, 1.82) is 0 Å². The van der Waals surface area contributed by atoms with Crippen LogP contribution < -0.4 is 20.3 Å². The summed E-state index contributed by atoms with van der Waals surface area (Å²) >= 11 is 1.70. The molecule has 0 saturated carbocycles. The molecule has 7 heteroatoms. The number of anilines is 2. The topological polar surface area (TPSA) is 66.5 Å². The number of carbonyl (C=O) groups is 1. The molecular weight excluding hydrogens is 408 g/mol. The third-order valence-electron chi connectivity index (χ3n) is 5.62. The molecule has 1 amide bonds. The number of nitrogens with zero attached hydrogens (tertiary/aromatic N) is 2. The molecule has 162 valence electrons. The third kappa shape index (κ3) is 5.24. The highest BCUT2D eigenvalue weighted by Crippen LogP contribution is 2.26. The van der Waals surface area contributed by atoms with E-state index < -0.39 is 0 Å². The van der Waals surface area contributed by atoms with E-state index in [0.717, 1.165) is 42.3 Å². The van der Waals surface area contributed by atoms with Crippen LogP contribution in [0.1, 0.15) is 41.2 Å². The number of piperidine rings is 1. The van der Waals surface area contributed by atoms with Crippen molar-refractivity contribution in [3.63, 3.8) is 0 Å². The summed E-state index contributed by atoms with van der Waals surface area (Å²) in [5.41, 5.74) is 2.44. The molecule has 1 atom stereocenters. The van der Waals surface area contributed by atoms with Crippen LogP contribution in [-0.2, 0) is 0 Å². The van der Waals surface area contributed by atoms with Crippen molar-refractivity contribution in [1.82, 2.24) is 10.3 Å². The molecule has 0 spiro atoms. The van der Waals surface area contributed by atoms with Crippen molar-refractivity contribution in [3.05, 3.63) is 70.7 Å². The zero-order valence-electron chi connectivity index (χ0n) is 17.9. The lowest BCUT2D eigenvalue weighted by Gasteiger charge is -2.35. The van der Waals surface area contributed by atoms with Gasteiger partial charge < -0.3 is 20.3 Å². The van der Waals surface area contributed by atoms with Crippen molar-refractivity contribution in [2.75, 3.05) is 30.4 Å². The summed E-state index contributed by atoms with van der Waals surface area (Å²) < 4.78 is 5.31. The SMILES string of the molecule is COc1ccccc1C(=O)Nc1cccc(N2CCC(NC(C)c3nccs3)CC2)c1. The highest BCUT2D eigenvalue weighted by Gasteiger charge is 2.22. The third-order valence-corrected chi connectivity index (χ3v) is 6.58. The number of para-hydroxylation sites is 1. The molecule has 0 aliphatic carbocycles. The zero-order chi connectivity index (χ0) is 21.6. The van der Waals surface area contributed by atoms with Gasteiger partial charge in [0.1, 0.15) is 10.8 Å². The first-order chi connectivity index (χ1) is 15.1. The van der Waals surface area contributed by atoms with Gasteiger partial charge >= 0.3 is 0 Å². The number of benzene rings is 2. The number of hydrogen-bond donors (Lipinski definition) is 2. The molecule has 2 heterocycles. The number of thiazole rings is 1. The molecule has 31 heavy (non-hydrogen) atoms. The highest BCUT2D eigenvalue weighted by atomic mass is 32.1. The van der Waals surface area contributed by atoms with E-state index in [1.165, 1.54) is 0 Å². The standard InChI is InChI=1S/C24H28N4O2S/c1-17(24-25-12-15-31-24)26-18-10-13-28(14-11-18)20-7-5-6-19(16-20)27-23(29)21-8-3-4-9-22(21)30-2/h3-9,12,15-18,26H,10-11,13-14H2,1-2H3,(H,27,29). The molecule has 4 rings (SSSR count). The number of amides is 1. The van der Waals surface area contributed by atoms with E-state index in [-0.39, 0.29) is 11.9 Å². The van der Waals surface area contributed by atoms with E-state index >= 15 is 0 Å². The Morgan fingerprint density at radius 1 is 1.19 bits per heavy atom. The van der Waals surface area contributed by atoms with Crippen LogP contribution in [-0.4, -0.2) is 37.1 Å². The lowest BCUT2D eigenvalue weighted by Crippen LogP contribution is -2.43. The molecule has 6 nitrogen and oxygen atoms in total. The van der Waals surface area contributed by atoms with E-state index in [1.807, 2.05) is 41.9 Å². The molecule has 1 saturated heterocycles. The number of methoxy groups -OCH3 is 1. The van der Waals surface area contributed by atoms with Gasteiger partial charge in [0.2, 0.25) is 0 Å². The fourth-order valence-corrected chi connectivity index (χ4v) is 4.64. The highest BCUT2D eigenvalue weighted by molar-refractivity contribution is 7.09. The Hall–Kier alpha value is -2.90. The second-order valence-corrected chi connectivity index (χ2v) is 8.65. The zero-order valence-corrected chi connectivity index (χ0v) is 18.7. The summed E-state index contributed by atoms with van der Waals surface area (Å²) in [6.45, 7) is 4.14. The van der Waals surface area contributed by atoms with E-state index in [9.17, 15) is 4.79 Å². The second-order valence-electron chi connectivity index (χ2n) is 7.72. The number of hydrogen-bond acceptors (Lipinski definition) is 6. The fourth-order valence-electron chi connectivity index (χ4n) is 3.99. The van der Waals surface area contributed by atoms with Gasteiger partial charge in [0.15, 0.2) is 0 Å². The van der Waals surface area contributed by atoms with Gasteiger partial charge in [-0.1, -0.05) is 18.2 Å². The minimum atomic E-state index is -0.173. The Balaban J connectivity index is 1.35. The van der Waals surface area contributed by atoms with Gasteiger partial charge in [-0.25, -0.2) is 4.98 Å². The van der Waals surface area contributed by atoms with Crippen LogP contribution in [0, 0.1) is 0 Å². The molecule has 1 aliphatic heterocycles. The number of aromatic nitrogens is 1. The van der Waals surface area contributed by atoms with E-state index in [2.05, 4.69) is 33.5 Å². The first kappa shape index (κ1) is 21.3.